The fourth-order valence-electron chi connectivity index (χ4n) is 2.99. The normalized spacial score (nSPS) is 14.5. The van der Waals surface area contributed by atoms with Gasteiger partial charge in [-0.05, 0) is 38.3 Å². The lowest BCUT2D eigenvalue weighted by atomic mass is 10.0. The van der Waals surface area contributed by atoms with E-state index in [4.69, 9.17) is 11.5 Å². The van der Waals surface area contributed by atoms with Crippen LogP contribution in [0, 0.1) is 0 Å². The van der Waals surface area contributed by atoms with Gasteiger partial charge in [-0.15, -0.1) is 0 Å². The van der Waals surface area contributed by atoms with E-state index < -0.39 is 47.9 Å². The van der Waals surface area contributed by atoms with Crippen molar-refractivity contribution in [1.82, 2.24) is 16.0 Å². The number of carbonyl (C=O) groups is 4. The second kappa shape index (κ2) is 14.1. The number of rotatable bonds is 14. The maximum absolute atomic E-state index is 12.7. The zero-order chi connectivity index (χ0) is 24.1. The Morgan fingerprint density at radius 1 is 0.938 bits per heavy atom. The highest BCUT2D eigenvalue weighted by Crippen LogP contribution is 2.06. The van der Waals surface area contributed by atoms with E-state index >= 15 is 0 Å². The summed E-state index contributed by atoms with van der Waals surface area (Å²) in [5.74, 6) is -3.36. The number of aliphatic hydroxyl groups excluding tert-OH is 1. The van der Waals surface area contributed by atoms with E-state index in [2.05, 4.69) is 16.0 Å². The quantitative estimate of drug-likeness (QED) is 0.161. The minimum absolute atomic E-state index is 0.0245. The van der Waals surface area contributed by atoms with Gasteiger partial charge in [0.25, 0.3) is 0 Å². The molecule has 0 spiro atoms. The van der Waals surface area contributed by atoms with E-state index in [0.717, 1.165) is 0 Å². The van der Waals surface area contributed by atoms with E-state index in [9.17, 15) is 29.4 Å². The standard InChI is InChI=1S/C21H33N5O6/c1-13(27)18(26-19(29)15(9-5-6-10-22)24-17(28)12-23)20(30)25-16(21(31)32)11-14-7-3-2-4-8-14/h2-4,7-8,13,15-16,18,27H,5-6,9-12,22-23H2,1H3,(H,24,28)(H,25,30)(H,26,29)(H,31,32). The van der Waals surface area contributed by atoms with Crippen molar-refractivity contribution < 1.29 is 29.4 Å². The van der Waals surface area contributed by atoms with Crippen LogP contribution in [0.5, 0.6) is 0 Å². The molecule has 3 amide bonds. The third kappa shape index (κ3) is 9.41. The Morgan fingerprint density at radius 2 is 1.59 bits per heavy atom. The van der Waals surface area contributed by atoms with E-state index in [0.29, 0.717) is 24.9 Å². The summed E-state index contributed by atoms with van der Waals surface area (Å²) < 4.78 is 0. The number of nitrogens with two attached hydrogens (primary N) is 2. The molecule has 0 bridgehead atoms. The lowest BCUT2D eigenvalue weighted by Crippen LogP contribution is -2.59. The van der Waals surface area contributed by atoms with Crippen LogP contribution in [0.4, 0.5) is 0 Å². The van der Waals surface area contributed by atoms with Gasteiger partial charge in [0.15, 0.2) is 0 Å². The van der Waals surface area contributed by atoms with Crippen molar-refractivity contribution in [2.24, 2.45) is 11.5 Å². The Balaban J connectivity index is 2.89. The molecule has 1 aromatic rings. The van der Waals surface area contributed by atoms with Gasteiger partial charge in [-0.1, -0.05) is 30.3 Å². The second-order valence-electron chi connectivity index (χ2n) is 7.42. The summed E-state index contributed by atoms with van der Waals surface area (Å²) in [5.41, 5.74) is 11.5. The predicted octanol–water partition coefficient (Wildman–Crippen LogP) is -1.76. The number of carbonyl (C=O) groups excluding carboxylic acids is 3. The molecule has 32 heavy (non-hydrogen) atoms. The van der Waals surface area contributed by atoms with Crippen molar-refractivity contribution in [3.8, 4) is 0 Å². The summed E-state index contributed by atoms with van der Waals surface area (Å²) in [4.78, 5) is 48.7. The van der Waals surface area contributed by atoms with Gasteiger partial charge >= 0.3 is 5.97 Å². The lowest BCUT2D eigenvalue weighted by molar-refractivity contribution is -0.143. The predicted molar refractivity (Wildman–Crippen MR) is 117 cm³/mol. The fraction of sp³-hybridized carbons (Fsp3) is 0.524. The highest BCUT2D eigenvalue weighted by molar-refractivity contribution is 5.93. The average molecular weight is 452 g/mol. The van der Waals surface area contributed by atoms with E-state index in [-0.39, 0.29) is 19.4 Å². The summed E-state index contributed by atoms with van der Waals surface area (Å²) in [5, 5.41) is 26.8. The van der Waals surface area contributed by atoms with Gasteiger partial charge in [0.1, 0.15) is 18.1 Å². The van der Waals surface area contributed by atoms with Crippen molar-refractivity contribution in [3.63, 3.8) is 0 Å². The van der Waals surface area contributed by atoms with Gasteiger partial charge in [-0.3, -0.25) is 14.4 Å². The number of unbranched alkanes of at least 4 members (excludes halogenated alkanes) is 1. The Labute approximate surface area is 186 Å². The maximum atomic E-state index is 12.7. The molecule has 4 atom stereocenters. The number of hydrogen-bond donors (Lipinski definition) is 7. The zero-order valence-corrected chi connectivity index (χ0v) is 18.1. The summed E-state index contributed by atoms with van der Waals surface area (Å²) >= 11 is 0. The van der Waals surface area contributed by atoms with Crippen LogP contribution in [0.3, 0.4) is 0 Å². The van der Waals surface area contributed by atoms with Crippen molar-refractivity contribution in [2.45, 2.75) is 56.8 Å². The van der Waals surface area contributed by atoms with Gasteiger partial charge in [0, 0.05) is 6.42 Å². The summed E-state index contributed by atoms with van der Waals surface area (Å²) in [7, 11) is 0. The van der Waals surface area contributed by atoms with Crippen LogP contribution < -0.4 is 27.4 Å². The fourth-order valence-corrected chi connectivity index (χ4v) is 2.99. The van der Waals surface area contributed by atoms with Crippen LogP contribution in [0.2, 0.25) is 0 Å². The Bertz CT molecular complexity index is 758. The number of benzene rings is 1. The first-order chi connectivity index (χ1) is 15.2. The number of aliphatic carboxylic acids is 1. The van der Waals surface area contributed by atoms with E-state index in [1.54, 1.807) is 30.3 Å². The molecule has 0 heterocycles. The smallest absolute Gasteiger partial charge is 0.326 e. The van der Waals surface area contributed by atoms with Gasteiger partial charge in [-0.25, -0.2) is 4.79 Å². The number of carboxylic acids is 1. The molecule has 9 N–H and O–H groups in total. The first-order valence-electron chi connectivity index (χ1n) is 10.4. The third-order valence-electron chi connectivity index (χ3n) is 4.74. The summed E-state index contributed by atoms with van der Waals surface area (Å²) in [6, 6.07) is 5.05. The van der Waals surface area contributed by atoms with Crippen LogP contribution in [0.25, 0.3) is 0 Å². The largest absolute Gasteiger partial charge is 0.480 e. The second-order valence-corrected chi connectivity index (χ2v) is 7.42. The van der Waals surface area contributed by atoms with Crippen molar-refractivity contribution >= 4 is 23.7 Å². The Kier molecular flexibility index (Phi) is 11.9. The van der Waals surface area contributed by atoms with E-state index in [1.165, 1.54) is 6.92 Å². The van der Waals surface area contributed by atoms with Crippen molar-refractivity contribution in [1.29, 1.82) is 0 Å². The molecule has 0 aromatic heterocycles. The van der Waals surface area contributed by atoms with Crippen molar-refractivity contribution in [2.75, 3.05) is 13.1 Å². The molecular weight excluding hydrogens is 418 g/mol. The Hall–Kier alpha value is -3.02. The van der Waals surface area contributed by atoms with Gasteiger partial charge in [-0.2, -0.15) is 0 Å². The molecule has 11 heteroatoms. The molecule has 1 rings (SSSR count). The SMILES string of the molecule is CC(O)C(NC(=O)C(CCCCN)NC(=O)CN)C(=O)NC(Cc1ccccc1)C(=O)O. The van der Waals surface area contributed by atoms with Crippen LogP contribution in [-0.4, -0.2) is 71.2 Å². The molecule has 0 saturated carbocycles. The third-order valence-corrected chi connectivity index (χ3v) is 4.74. The minimum Gasteiger partial charge on any atom is -0.480 e. The molecule has 11 nitrogen and oxygen atoms in total. The van der Waals surface area contributed by atoms with Gasteiger partial charge in [0.2, 0.25) is 17.7 Å². The molecule has 1 aromatic carbocycles. The van der Waals surface area contributed by atoms with Crippen molar-refractivity contribution in [3.05, 3.63) is 35.9 Å². The first kappa shape index (κ1) is 27.0. The van der Waals surface area contributed by atoms with Gasteiger partial charge in [0.05, 0.1) is 12.6 Å². The van der Waals surface area contributed by atoms with Crippen LogP contribution in [0.1, 0.15) is 31.7 Å². The molecule has 0 radical (unpaired) electrons. The highest BCUT2D eigenvalue weighted by Gasteiger charge is 2.32. The monoisotopic (exact) mass is 451 g/mol. The van der Waals surface area contributed by atoms with E-state index in [1.807, 2.05) is 0 Å². The Morgan fingerprint density at radius 3 is 2.12 bits per heavy atom. The molecule has 0 aliphatic heterocycles. The minimum atomic E-state index is -1.42. The molecule has 0 aliphatic rings. The van der Waals surface area contributed by atoms with Crippen LogP contribution in [-0.2, 0) is 25.6 Å². The van der Waals surface area contributed by atoms with Gasteiger partial charge < -0.3 is 37.6 Å². The number of amides is 3. The average Bonchev–Trinajstić information content (AvgIpc) is 2.76. The molecule has 0 fully saturated rings. The highest BCUT2D eigenvalue weighted by atomic mass is 16.4. The molecular formula is C21H33N5O6. The number of carboxylic acid groups (broad SMARTS) is 1. The van der Waals surface area contributed by atoms with Crippen LogP contribution in [0.15, 0.2) is 30.3 Å². The molecule has 178 valence electrons. The van der Waals surface area contributed by atoms with Crippen LogP contribution >= 0.6 is 0 Å². The number of hydrogen-bond acceptors (Lipinski definition) is 7. The summed E-state index contributed by atoms with van der Waals surface area (Å²) in [6.45, 7) is 1.38. The summed E-state index contributed by atoms with van der Waals surface area (Å²) in [6.07, 6.45) is 0.136. The topological polar surface area (TPSA) is 197 Å². The lowest BCUT2D eigenvalue weighted by Gasteiger charge is -2.26. The maximum Gasteiger partial charge on any atom is 0.326 e. The molecule has 4 unspecified atom stereocenters. The molecule has 0 aliphatic carbocycles. The molecule has 0 saturated heterocycles. The zero-order valence-electron chi connectivity index (χ0n) is 18.1. The number of nitrogens with one attached hydrogen (secondary N) is 3. The first-order valence-corrected chi connectivity index (χ1v) is 10.4. The number of aliphatic hydroxyl groups is 1.